The minimum atomic E-state index is 1.11. The van der Waals surface area contributed by atoms with Crippen molar-refractivity contribution in [2.45, 2.75) is 34.1 Å². The topological polar surface area (TPSA) is 0 Å². The standard InChI is InChI=1S/C15H20/c1-5-12(3)11-14(6-2)15-10-8-7-9-13(15)4/h6-11H,5H2,1-4H3/b12-11-,14-6+. The van der Waals surface area contributed by atoms with E-state index >= 15 is 0 Å². The van der Waals surface area contributed by atoms with E-state index in [0.717, 1.165) is 6.42 Å². The van der Waals surface area contributed by atoms with Gasteiger partial charge in [-0.1, -0.05) is 48.9 Å². The van der Waals surface area contributed by atoms with Gasteiger partial charge in [0, 0.05) is 0 Å². The van der Waals surface area contributed by atoms with Crippen molar-refractivity contribution in [3.8, 4) is 0 Å². The molecule has 0 amide bonds. The van der Waals surface area contributed by atoms with Gasteiger partial charge in [0.05, 0.1) is 0 Å². The Labute approximate surface area is 93.3 Å². The quantitative estimate of drug-likeness (QED) is 0.617. The normalized spacial score (nSPS) is 13.1. The van der Waals surface area contributed by atoms with Gasteiger partial charge in [0.25, 0.3) is 0 Å². The maximum Gasteiger partial charge on any atom is -0.0158 e. The van der Waals surface area contributed by atoms with Crippen molar-refractivity contribution in [1.29, 1.82) is 0 Å². The van der Waals surface area contributed by atoms with Crippen molar-refractivity contribution in [3.63, 3.8) is 0 Å². The Morgan fingerprint density at radius 3 is 2.47 bits per heavy atom. The van der Waals surface area contributed by atoms with Crippen LogP contribution in [0.4, 0.5) is 0 Å². The Kier molecular flexibility index (Phi) is 4.36. The van der Waals surface area contributed by atoms with E-state index < -0.39 is 0 Å². The third-order valence-corrected chi connectivity index (χ3v) is 2.73. The summed E-state index contributed by atoms with van der Waals surface area (Å²) in [5.41, 5.74) is 5.43. The average molecular weight is 200 g/mol. The molecule has 80 valence electrons. The lowest BCUT2D eigenvalue weighted by Gasteiger charge is -2.07. The molecule has 0 saturated carbocycles. The largest absolute Gasteiger partial charge is 0.0798 e. The smallest absolute Gasteiger partial charge is 0.0158 e. The summed E-state index contributed by atoms with van der Waals surface area (Å²) in [5, 5.41) is 0. The molecule has 1 rings (SSSR count). The van der Waals surface area contributed by atoms with Gasteiger partial charge in [0.1, 0.15) is 0 Å². The van der Waals surface area contributed by atoms with E-state index in [1.807, 2.05) is 0 Å². The lowest BCUT2D eigenvalue weighted by atomic mass is 9.98. The second-order valence-corrected chi connectivity index (χ2v) is 3.90. The molecule has 1 aromatic rings. The SMILES string of the molecule is C/C=C(\C=C(\C)CC)c1ccccc1C. The lowest BCUT2D eigenvalue weighted by molar-refractivity contribution is 1.10. The predicted octanol–water partition coefficient (Wildman–Crippen LogP) is 4.75. The highest BCUT2D eigenvalue weighted by Gasteiger charge is 2.00. The first kappa shape index (κ1) is 11.8. The van der Waals surface area contributed by atoms with Crippen LogP contribution in [0.25, 0.3) is 5.57 Å². The molecule has 0 spiro atoms. The summed E-state index contributed by atoms with van der Waals surface area (Å²) in [6, 6.07) is 8.53. The molecule has 0 radical (unpaired) electrons. The highest BCUT2D eigenvalue weighted by atomic mass is 14.1. The van der Waals surface area contributed by atoms with Gasteiger partial charge >= 0.3 is 0 Å². The van der Waals surface area contributed by atoms with Crippen molar-refractivity contribution in [1.82, 2.24) is 0 Å². The van der Waals surface area contributed by atoms with Crippen LogP contribution in [0.5, 0.6) is 0 Å². The molecule has 0 fully saturated rings. The zero-order chi connectivity index (χ0) is 11.3. The summed E-state index contributed by atoms with van der Waals surface area (Å²) in [6.07, 6.45) is 5.58. The van der Waals surface area contributed by atoms with Gasteiger partial charge in [-0.3, -0.25) is 0 Å². The molecular formula is C15H20. The molecule has 0 atom stereocenters. The van der Waals surface area contributed by atoms with E-state index in [-0.39, 0.29) is 0 Å². The first-order valence-electron chi connectivity index (χ1n) is 5.58. The number of allylic oxidation sites excluding steroid dienone is 4. The van der Waals surface area contributed by atoms with Crippen molar-refractivity contribution in [3.05, 3.63) is 53.1 Å². The fourth-order valence-electron chi connectivity index (χ4n) is 1.58. The van der Waals surface area contributed by atoms with Crippen LogP contribution in [0.3, 0.4) is 0 Å². The van der Waals surface area contributed by atoms with E-state index in [2.05, 4.69) is 64.1 Å². The minimum absolute atomic E-state index is 1.11. The van der Waals surface area contributed by atoms with Crippen LogP contribution in [0, 0.1) is 6.92 Å². The Balaban J connectivity index is 3.10. The molecule has 1 aromatic carbocycles. The van der Waals surface area contributed by atoms with E-state index in [4.69, 9.17) is 0 Å². The molecule has 0 aromatic heterocycles. The summed E-state index contributed by atoms with van der Waals surface area (Å²) in [5.74, 6) is 0. The number of hydrogen-bond acceptors (Lipinski definition) is 0. The number of rotatable bonds is 3. The summed E-state index contributed by atoms with van der Waals surface area (Å²) in [7, 11) is 0. The van der Waals surface area contributed by atoms with Crippen LogP contribution in [-0.4, -0.2) is 0 Å². The van der Waals surface area contributed by atoms with E-state index in [1.165, 1.54) is 22.3 Å². The average Bonchev–Trinajstić information content (AvgIpc) is 2.26. The number of benzene rings is 1. The zero-order valence-corrected chi connectivity index (χ0v) is 10.2. The minimum Gasteiger partial charge on any atom is -0.0798 e. The van der Waals surface area contributed by atoms with Crippen LogP contribution < -0.4 is 0 Å². The Bertz CT molecular complexity index is 381. The summed E-state index contributed by atoms with van der Waals surface area (Å²) >= 11 is 0. The van der Waals surface area contributed by atoms with Gasteiger partial charge in [-0.2, -0.15) is 0 Å². The highest BCUT2D eigenvalue weighted by molar-refractivity contribution is 5.76. The van der Waals surface area contributed by atoms with Crippen LogP contribution in [0.2, 0.25) is 0 Å². The Hall–Kier alpha value is -1.30. The first-order valence-corrected chi connectivity index (χ1v) is 5.58. The van der Waals surface area contributed by atoms with Crippen molar-refractivity contribution >= 4 is 5.57 Å². The molecule has 0 nitrogen and oxygen atoms in total. The van der Waals surface area contributed by atoms with Gasteiger partial charge in [0.2, 0.25) is 0 Å². The summed E-state index contributed by atoms with van der Waals surface area (Å²) in [4.78, 5) is 0. The molecule has 0 heteroatoms. The lowest BCUT2D eigenvalue weighted by Crippen LogP contribution is -1.86. The molecule has 0 aliphatic carbocycles. The van der Waals surface area contributed by atoms with Crippen molar-refractivity contribution < 1.29 is 0 Å². The monoisotopic (exact) mass is 200 g/mol. The summed E-state index contributed by atoms with van der Waals surface area (Å²) < 4.78 is 0. The van der Waals surface area contributed by atoms with Gasteiger partial charge in [-0.15, -0.1) is 0 Å². The fraction of sp³-hybridized carbons (Fsp3) is 0.333. The van der Waals surface area contributed by atoms with Gasteiger partial charge in [-0.05, 0) is 43.9 Å². The molecule has 15 heavy (non-hydrogen) atoms. The third kappa shape index (κ3) is 3.09. The van der Waals surface area contributed by atoms with Crippen LogP contribution >= 0.6 is 0 Å². The molecule has 0 bridgehead atoms. The molecule has 0 aliphatic rings. The maximum atomic E-state index is 2.28. The van der Waals surface area contributed by atoms with E-state index in [1.54, 1.807) is 0 Å². The molecule has 0 unspecified atom stereocenters. The summed E-state index contributed by atoms with van der Waals surface area (Å²) in [6.45, 7) is 8.63. The van der Waals surface area contributed by atoms with Crippen molar-refractivity contribution in [2.75, 3.05) is 0 Å². The second kappa shape index (κ2) is 5.55. The highest BCUT2D eigenvalue weighted by Crippen LogP contribution is 2.21. The Morgan fingerprint density at radius 2 is 1.93 bits per heavy atom. The molecule has 0 aliphatic heterocycles. The molecular weight excluding hydrogens is 180 g/mol. The fourth-order valence-corrected chi connectivity index (χ4v) is 1.58. The molecule has 0 saturated heterocycles. The number of hydrogen-bond donors (Lipinski definition) is 0. The van der Waals surface area contributed by atoms with Crippen LogP contribution in [0.15, 0.2) is 42.0 Å². The van der Waals surface area contributed by atoms with Gasteiger partial charge in [-0.25, -0.2) is 0 Å². The van der Waals surface area contributed by atoms with E-state index in [9.17, 15) is 0 Å². The molecule has 0 N–H and O–H groups in total. The maximum absolute atomic E-state index is 2.28. The van der Waals surface area contributed by atoms with Crippen LogP contribution in [0.1, 0.15) is 38.3 Å². The van der Waals surface area contributed by atoms with Crippen molar-refractivity contribution in [2.24, 2.45) is 0 Å². The number of aryl methyl sites for hydroxylation is 1. The molecule has 0 heterocycles. The van der Waals surface area contributed by atoms with Gasteiger partial charge < -0.3 is 0 Å². The third-order valence-electron chi connectivity index (χ3n) is 2.73. The van der Waals surface area contributed by atoms with Gasteiger partial charge in [0.15, 0.2) is 0 Å². The first-order chi connectivity index (χ1) is 7.19. The zero-order valence-electron chi connectivity index (χ0n) is 10.2. The van der Waals surface area contributed by atoms with Crippen LogP contribution in [-0.2, 0) is 0 Å². The van der Waals surface area contributed by atoms with E-state index in [0.29, 0.717) is 0 Å². The second-order valence-electron chi connectivity index (χ2n) is 3.90. The predicted molar refractivity (Wildman–Crippen MR) is 68.9 cm³/mol. The Morgan fingerprint density at radius 1 is 1.27 bits per heavy atom.